The van der Waals surface area contributed by atoms with Crippen LogP contribution in [-0.2, 0) is 27.9 Å². The molecule has 0 aliphatic carbocycles. The second-order valence-corrected chi connectivity index (χ2v) is 26.5. The van der Waals surface area contributed by atoms with Crippen LogP contribution in [0.4, 0.5) is 0 Å². The average molecular weight is 1200 g/mol. The van der Waals surface area contributed by atoms with E-state index in [1.54, 1.807) is 0 Å². The number of quaternary nitrogens is 1. The normalized spacial score (nSPS) is 14.0. The Morgan fingerprint density at radius 1 is 0.429 bits per heavy atom. The highest BCUT2D eigenvalue weighted by molar-refractivity contribution is 7.47. The van der Waals surface area contributed by atoms with E-state index in [1.807, 2.05) is 33.3 Å². The summed E-state index contributed by atoms with van der Waals surface area (Å²) < 4.78 is 30.8. The Morgan fingerprint density at radius 3 is 1.15 bits per heavy atom. The lowest BCUT2D eigenvalue weighted by atomic mass is 10.0. The molecule has 0 aromatic heterocycles. The zero-order valence-corrected chi connectivity index (χ0v) is 56.8. The quantitative estimate of drug-likeness (QED) is 0.0205. The lowest BCUT2D eigenvalue weighted by molar-refractivity contribution is -0.870. The summed E-state index contributed by atoms with van der Waals surface area (Å²) in [6, 6.07) is -0.863. The van der Waals surface area contributed by atoms with Gasteiger partial charge in [0.2, 0.25) is 5.91 Å². The van der Waals surface area contributed by atoms with Crippen molar-refractivity contribution in [1.29, 1.82) is 0 Å². The van der Waals surface area contributed by atoms with Crippen molar-refractivity contribution in [3.05, 3.63) is 85.1 Å². The molecule has 0 heterocycles. The summed E-state index contributed by atoms with van der Waals surface area (Å²) >= 11 is 0. The highest BCUT2D eigenvalue weighted by atomic mass is 31.2. The van der Waals surface area contributed by atoms with E-state index in [2.05, 4.69) is 99.0 Å². The second-order valence-electron chi connectivity index (χ2n) is 25.0. The fourth-order valence-corrected chi connectivity index (χ4v) is 10.9. The van der Waals surface area contributed by atoms with Crippen LogP contribution in [0.5, 0.6) is 0 Å². The van der Waals surface area contributed by atoms with E-state index in [4.69, 9.17) is 13.8 Å². The van der Waals surface area contributed by atoms with E-state index >= 15 is 0 Å². The SMILES string of the molecule is CC/C=C\C/C=C\C/C=C\C/C=C\C/C=C\CCCCCCCC(=O)NC(COP(=O)(O)OCC[N+](C)(C)C)C(/C=C/CCCCCCCCCCCC)OC(=O)CCCCCCCCCCCCCCCCC/C=C/CCCCCCCC. The number of hydrogen-bond acceptors (Lipinski definition) is 6. The van der Waals surface area contributed by atoms with E-state index in [1.165, 1.54) is 180 Å². The minimum Gasteiger partial charge on any atom is -0.456 e. The van der Waals surface area contributed by atoms with Crippen LogP contribution in [0, 0.1) is 0 Å². The molecule has 3 unspecified atom stereocenters. The number of carbonyl (C=O) groups excluding carboxylic acids is 2. The number of nitrogens with zero attached hydrogens (tertiary/aromatic N) is 1. The van der Waals surface area contributed by atoms with Crippen molar-refractivity contribution in [2.75, 3.05) is 40.9 Å². The molecule has 0 saturated heterocycles. The van der Waals surface area contributed by atoms with Gasteiger partial charge < -0.3 is 19.4 Å². The lowest BCUT2D eigenvalue weighted by Crippen LogP contribution is -2.47. The summed E-state index contributed by atoms with van der Waals surface area (Å²) in [7, 11) is 1.48. The minimum absolute atomic E-state index is 0.0338. The predicted molar refractivity (Wildman–Crippen MR) is 364 cm³/mol. The molecule has 0 bridgehead atoms. The van der Waals surface area contributed by atoms with E-state index < -0.39 is 20.0 Å². The van der Waals surface area contributed by atoms with Crippen LogP contribution >= 0.6 is 7.82 Å². The van der Waals surface area contributed by atoms with Gasteiger partial charge in [-0.25, -0.2) is 4.57 Å². The van der Waals surface area contributed by atoms with Crippen LogP contribution in [0.2, 0.25) is 0 Å². The first-order valence-electron chi connectivity index (χ1n) is 35.4. The fraction of sp³-hybridized carbons (Fsp3) is 0.784. The van der Waals surface area contributed by atoms with Gasteiger partial charge in [-0.05, 0) is 102 Å². The number of unbranched alkanes of at least 4 members (excludes halogenated alkanes) is 36. The van der Waals surface area contributed by atoms with Gasteiger partial charge in [-0.3, -0.25) is 18.6 Å². The summed E-state index contributed by atoms with van der Waals surface area (Å²) in [4.78, 5) is 37.9. The van der Waals surface area contributed by atoms with Gasteiger partial charge in [0.25, 0.3) is 0 Å². The van der Waals surface area contributed by atoms with Gasteiger partial charge >= 0.3 is 13.8 Å². The van der Waals surface area contributed by atoms with E-state index in [0.717, 1.165) is 109 Å². The van der Waals surface area contributed by atoms with Gasteiger partial charge in [0.05, 0.1) is 33.8 Å². The molecule has 84 heavy (non-hydrogen) atoms. The third-order valence-corrected chi connectivity index (χ3v) is 16.6. The number of allylic oxidation sites excluding steroid dienone is 13. The molecule has 3 atom stereocenters. The van der Waals surface area contributed by atoms with Crippen molar-refractivity contribution in [3.8, 4) is 0 Å². The molecule has 2 N–H and O–H groups in total. The van der Waals surface area contributed by atoms with Gasteiger partial charge in [-0.15, -0.1) is 0 Å². The van der Waals surface area contributed by atoms with E-state index in [-0.39, 0.29) is 31.5 Å². The van der Waals surface area contributed by atoms with E-state index in [9.17, 15) is 19.0 Å². The van der Waals surface area contributed by atoms with Gasteiger partial charge in [0.15, 0.2) is 0 Å². The molecule has 0 aromatic rings. The molecule has 0 radical (unpaired) electrons. The number of ether oxygens (including phenoxy) is 1. The van der Waals surface area contributed by atoms with Crippen LogP contribution in [-0.4, -0.2) is 74.3 Å². The lowest BCUT2D eigenvalue weighted by Gasteiger charge is -2.27. The van der Waals surface area contributed by atoms with Crippen molar-refractivity contribution in [3.63, 3.8) is 0 Å². The third-order valence-electron chi connectivity index (χ3n) is 15.6. The van der Waals surface area contributed by atoms with Crippen LogP contribution in [0.25, 0.3) is 0 Å². The van der Waals surface area contributed by atoms with Crippen molar-refractivity contribution < 1.29 is 37.3 Å². The fourth-order valence-electron chi connectivity index (χ4n) is 10.1. The molecule has 0 aliphatic rings. The van der Waals surface area contributed by atoms with Gasteiger partial charge in [0, 0.05) is 12.8 Å². The van der Waals surface area contributed by atoms with Gasteiger partial charge in [-0.1, -0.05) is 292 Å². The molecule has 9 nitrogen and oxygen atoms in total. The monoisotopic (exact) mass is 1200 g/mol. The van der Waals surface area contributed by atoms with Crippen molar-refractivity contribution in [1.82, 2.24) is 5.32 Å². The number of likely N-dealkylation sites (N-methyl/N-ethyl adjacent to an activating group) is 1. The average Bonchev–Trinajstić information content (AvgIpc) is 3.64. The molecule has 0 fully saturated rings. The Labute approximate surface area is 520 Å². The van der Waals surface area contributed by atoms with Crippen LogP contribution in [0.3, 0.4) is 0 Å². The van der Waals surface area contributed by atoms with Crippen molar-refractivity contribution >= 4 is 19.7 Å². The molecule has 0 saturated carbocycles. The number of phosphoric ester groups is 1. The Kier molecular flexibility index (Phi) is 61.1. The van der Waals surface area contributed by atoms with Crippen LogP contribution in [0.15, 0.2) is 85.1 Å². The smallest absolute Gasteiger partial charge is 0.456 e. The molecule has 1 amide bonds. The first-order valence-corrected chi connectivity index (χ1v) is 36.9. The summed E-state index contributed by atoms with van der Waals surface area (Å²) in [6.45, 7) is 6.91. The zero-order chi connectivity index (χ0) is 61.4. The topological polar surface area (TPSA) is 111 Å². The zero-order valence-electron chi connectivity index (χ0n) is 55.9. The summed E-state index contributed by atoms with van der Waals surface area (Å²) in [5.41, 5.74) is 0. The molecule has 0 aliphatic heterocycles. The third kappa shape index (κ3) is 63.7. The first-order chi connectivity index (χ1) is 40.9. The molecule has 0 rings (SSSR count). The number of hydrogen-bond donors (Lipinski definition) is 2. The highest BCUT2D eigenvalue weighted by Crippen LogP contribution is 2.43. The molecule has 10 heteroatoms. The second kappa shape index (κ2) is 63.2. The Hall–Kier alpha value is -2.81. The molecule has 488 valence electrons. The Morgan fingerprint density at radius 2 is 0.762 bits per heavy atom. The van der Waals surface area contributed by atoms with Gasteiger partial charge in [0.1, 0.15) is 19.3 Å². The summed E-state index contributed by atoms with van der Waals surface area (Å²) in [6.07, 6.45) is 84.5. The van der Waals surface area contributed by atoms with Crippen LogP contribution in [0.1, 0.15) is 323 Å². The Balaban J connectivity index is 5.09. The molecule has 0 aromatic carbocycles. The molecular formula is C74H136N2O7P+. The van der Waals surface area contributed by atoms with Crippen molar-refractivity contribution in [2.24, 2.45) is 0 Å². The first kappa shape index (κ1) is 81.2. The molecular weight excluding hydrogens is 1060 g/mol. The minimum atomic E-state index is -4.46. The van der Waals surface area contributed by atoms with Gasteiger partial charge in [-0.2, -0.15) is 0 Å². The van der Waals surface area contributed by atoms with E-state index in [0.29, 0.717) is 17.4 Å². The Bertz CT molecular complexity index is 1710. The standard InChI is InChI=1S/C74H135N2O7P/c1-7-10-13-16-19-22-25-28-30-32-34-36-37-38-39-41-43-45-47-49-52-55-58-61-64-67-74(78)83-72(65-62-59-56-53-50-27-24-21-18-15-12-9-3)71(70-82-84(79,80)81-69-68-76(4,5)6)75-73(77)66-63-60-57-54-51-48-46-44-42-40-35-33-31-29-26-23-20-17-14-11-8-2/h11,14,20,23,28-31,35,40,44,46,62,65,71-72H,7-10,12-13,15-19,21-22,24-27,32-34,36-39,41-43,45,47-61,63-64,66-70H2,1-6H3,(H-,75,77,79,80)/p+1/b14-11-,23-20-,30-28+,31-29-,40-35-,46-44-,65-62+. The number of rotatable bonds is 64. The number of nitrogens with one attached hydrogen (secondary N) is 1. The number of carbonyl (C=O) groups is 2. The number of esters is 1. The predicted octanol–water partition coefficient (Wildman–Crippen LogP) is 22.5. The van der Waals surface area contributed by atoms with Crippen molar-refractivity contribution in [2.45, 2.75) is 335 Å². The maximum Gasteiger partial charge on any atom is 0.472 e. The highest BCUT2D eigenvalue weighted by Gasteiger charge is 2.30. The number of amides is 1. The maximum absolute atomic E-state index is 13.6. The largest absolute Gasteiger partial charge is 0.472 e. The maximum atomic E-state index is 13.6. The summed E-state index contributed by atoms with van der Waals surface area (Å²) in [5, 5.41) is 3.06. The molecule has 0 spiro atoms. The number of phosphoric acid groups is 1. The summed E-state index contributed by atoms with van der Waals surface area (Å²) in [5.74, 6) is -0.520. The van der Waals surface area contributed by atoms with Crippen LogP contribution < -0.4 is 5.32 Å².